The highest BCUT2D eigenvalue weighted by molar-refractivity contribution is 7.93. The SMILES string of the molecule is CC(C)[C@H](NC(=O)[C@H](Cc1cccc2ccccc12)NC(=O)[C@H](CC(=O)O)NC(=O)OCc1ccccc1)C(O)N[C@H](/C=C/S(C)(=O)=O)CC(=O)O. The molecule has 0 bridgehead atoms. The lowest BCUT2D eigenvalue weighted by atomic mass is 9.96. The maximum Gasteiger partial charge on any atom is 0.408 e. The molecule has 3 rings (SSSR count). The maximum absolute atomic E-state index is 14.0. The van der Waals surface area contributed by atoms with E-state index in [0.717, 1.165) is 28.5 Å². The molecule has 52 heavy (non-hydrogen) atoms. The Morgan fingerprint density at radius 1 is 0.788 bits per heavy atom. The molecular weight excluding hydrogens is 696 g/mol. The molecular formula is C36H44N4O11S. The van der Waals surface area contributed by atoms with Gasteiger partial charge in [-0.15, -0.1) is 0 Å². The highest BCUT2D eigenvalue weighted by atomic mass is 32.2. The van der Waals surface area contributed by atoms with Crippen molar-refractivity contribution in [1.82, 2.24) is 21.3 Å². The van der Waals surface area contributed by atoms with Gasteiger partial charge in [0.15, 0.2) is 9.84 Å². The summed E-state index contributed by atoms with van der Waals surface area (Å²) in [5, 5.41) is 42.6. The Morgan fingerprint density at radius 2 is 1.40 bits per heavy atom. The lowest BCUT2D eigenvalue weighted by Gasteiger charge is -2.32. The zero-order valence-electron chi connectivity index (χ0n) is 28.9. The number of carbonyl (C=O) groups is 5. The van der Waals surface area contributed by atoms with E-state index in [1.54, 1.807) is 62.4 Å². The number of carboxylic acid groups (broad SMARTS) is 2. The van der Waals surface area contributed by atoms with Crippen LogP contribution in [0.2, 0.25) is 0 Å². The highest BCUT2D eigenvalue weighted by Gasteiger charge is 2.33. The number of aliphatic hydroxyl groups is 1. The van der Waals surface area contributed by atoms with Crippen LogP contribution >= 0.6 is 0 Å². The van der Waals surface area contributed by atoms with Crippen molar-refractivity contribution >= 4 is 50.5 Å². The van der Waals surface area contributed by atoms with Crippen molar-refractivity contribution in [3.05, 3.63) is 95.4 Å². The van der Waals surface area contributed by atoms with Crippen LogP contribution in [0.1, 0.15) is 37.8 Å². The van der Waals surface area contributed by atoms with Gasteiger partial charge in [0, 0.05) is 24.1 Å². The summed E-state index contributed by atoms with van der Waals surface area (Å²) in [5.41, 5.74) is 1.30. The fourth-order valence-electron chi connectivity index (χ4n) is 5.27. The van der Waals surface area contributed by atoms with E-state index < -0.39 is 88.8 Å². The molecule has 0 radical (unpaired) electrons. The summed E-state index contributed by atoms with van der Waals surface area (Å²) < 4.78 is 28.5. The largest absolute Gasteiger partial charge is 0.481 e. The lowest BCUT2D eigenvalue weighted by molar-refractivity contribution is -0.140. The van der Waals surface area contributed by atoms with Crippen LogP contribution in [0.15, 0.2) is 84.3 Å². The van der Waals surface area contributed by atoms with E-state index in [4.69, 9.17) is 4.74 Å². The Balaban J connectivity index is 1.89. The quantitative estimate of drug-likeness (QED) is 0.0875. The molecule has 280 valence electrons. The first-order valence-electron chi connectivity index (χ1n) is 16.3. The number of ether oxygens (including phenoxy) is 1. The van der Waals surface area contributed by atoms with Crippen LogP contribution in [0.4, 0.5) is 4.79 Å². The number of benzene rings is 3. The maximum atomic E-state index is 14.0. The molecule has 0 aliphatic carbocycles. The Labute approximate surface area is 301 Å². The van der Waals surface area contributed by atoms with Gasteiger partial charge in [0.05, 0.1) is 18.9 Å². The van der Waals surface area contributed by atoms with Crippen molar-refractivity contribution in [1.29, 1.82) is 0 Å². The number of hydrogen-bond donors (Lipinski definition) is 7. The summed E-state index contributed by atoms with van der Waals surface area (Å²) in [5.74, 6) is -4.95. The Bertz CT molecular complexity index is 1850. The molecule has 16 heteroatoms. The van der Waals surface area contributed by atoms with Gasteiger partial charge >= 0.3 is 18.0 Å². The highest BCUT2D eigenvalue weighted by Crippen LogP contribution is 2.20. The fourth-order valence-corrected chi connectivity index (χ4v) is 5.74. The summed E-state index contributed by atoms with van der Waals surface area (Å²) in [6.45, 7) is 3.19. The predicted molar refractivity (Wildman–Crippen MR) is 191 cm³/mol. The van der Waals surface area contributed by atoms with Crippen LogP contribution in [0.25, 0.3) is 10.8 Å². The van der Waals surface area contributed by atoms with Gasteiger partial charge in [0.25, 0.3) is 0 Å². The minimum Gasteiger partial charge on any atom is -0.481 e. The van der Waals surface area contributed by atoms with Gasteiger partial charge in [0.1, 0.15) is 24.9 Å². The zero-order valence-corrected chi connectivity index (χ0v) is 29.7. The zero-order chi connectivity index (χ0) is 38.4. The van der Waals surface area contributed by atoms with Crippen LogP contribution in [-0.2, 0) is 46.8 Å². The van der Waals surface area contributed by atoms with Gasteiger partial charge in [-0.25, -0.2) is 13.2 Å². The second-order valence-electron chi connectivity index (χ2n) is 12.5. The van der Waals surface area contributed by atoms with Crippen molar-refractivity contribution in [3.8, 4) is 0 Å². The van der Waals surface area contributed by atoms with Crippen LogP contribution in [-0.4, -0.2) is 90.2 Å². The van der Waals surface area contributed by atoms with E-state index in [9.17, 15) is 47.7 Å². The van der Waals surface area contributed by atoms with Gasteiger partial charge in [-0.3, -0.25) is 24.5 Å². The van der Waals surface area contributed by atoms with Gasteiger partial charge in [-0.05, 0) is 27.8 Å². The van der Waals surface area contributed by atoms with Gasteiger partial charge in [0.2, 0.25) is 11.8 Å². The second-order valence-corrected chi connectivity index (χ2v) is 14.4. The number of carboxylic acids is 2. The number of amides is 3. The van der Waals surface area contributed by atoms with Gasteiger partial charge < -0.3 is 36.0 Å². The molecule has 0 aromatic heterocycles. The van der Waals surface area contributed by atoms with Crippen molar-refractivity contribution in [2.45, 2.75) is 70.1 Å². The lowest BCUT2D eigenvalue weighted by Crippen LogP contribution is -2.60. The molecule has 0 saturated carbocycles. The molecule has 5 atom stereocenters. The third kappa shape index (κ3) is 13.8. The first-order chi connectivity index (χ1) is 24.5. The average Bonchev–Trinajstić information content (AvgIpc) is 3.07. The van der Waals surface area contributed by atoms with E-state index in [-0.39, 0.29) is 13.0 Å². The number of aliphatic hydroxyl groups excluding tert-OH is 1. The molecule has 0 aliphatic heterocycles. The van der Waals surface area contributed by atoms with Crippen molar-refractivity contribution in [2.24, 2.45) is 5.92 Å². The Morgan fingerprint density at radius 3 is 2.04 bits per heavy atom. The third-order valence-corrected chi connectivity index (χ3v) is 8.49. The summed E-state index contributed by atoms with van der Waals surface area (Å²) >= 11 is 0. The first-order valence-corrected chi connectivity index (χ1v) is 18.3. The van der Waals surface area contributed by atoms with E-state index in [2.05, 4.69) is 21.3 Å². The molecule has 0 aliphatic rings. The molecule has 0 saturated heterocycles. The number of nitrogens with one attached hydrogen (secondary N) is 4. The van der Waals surface area contributed by atoms with E-state index in [1.807, 2.05) is 24.3 Å². The van der Waals surface area contributed by atoms with E-state index in [0.29, 0.717) is 11.1 Å². The Kier molecular flexibility index (Phi) is 15.3. The second kappa shape index (κ2) is 19.3. The molecule has 1 unspecified atom stereocenters. The number of carbonyl (C=O) groups excluding carboxylic acids is 3. The van der Waals surface area contributed by atoms with Crippen LogP contribution in [0, 0.1) is 5.92 Å². The number of alkyl carbamates (subject to hydrolysis) is 1. The van der Waals surface area contributed by atoms with E-state index >= 15 is 0 Å². The summed E-state index contributed by atoms with van der Waals surface area (Å²) in [7, 11) is -3.63. The predicted octanol–water partition coefficient (Wildman–Crippen LogP) is 2.09. The smallest absolute Gasteiger partial charge is 0.408 e. The van der Waals surface area contributed by atoms with Gasteiger partial charge in [-0.2, -0.15) is 0 Å². The van der Waals surface area contributed by atoms with Crippen LogP contribution < -0.4 is 21.3 Å². The minimum atomic E-state index is -3.63. The summed E-state index contributed by atoms with van der Waals surface area (Å²) in [4.78, 5) is 63.4. The summed E-state index contributed by atoms with van der Waals surface area (Å²) in [6, 6.07) is 16.1. The number of rotatable bonds is 19. The number of fused-ring (bicyclic) bond motifs is 1. The van der Waals surface area contributed by atoms with Crippen LogP contribution in [0.3, 0.4) is 0 Å². The van der Waals surface area contributed by atoms with Crippen molar-refractivity contribution in [3.63, 3.8) is 0 Å². The third-order valence-electron chi connectivity index (χ3n) is 7.84. The topological polar surface area (TPSA) is 238 Å². The van der Waals surface area contributed by atoms with E-state index in [1.165, 1.54) is 0 Å². The molecule has 3 aromatic carbocycles. The Hall–Kier alpha value is -5.32. The number of sulfone groups is 1. The molecule has 3 amide bonds. The monoisotopic (exact) mass is 740 g/mol. The molecule has 0 heterocycles. The molecule has 15 nitrogen and oxygen atoms in total. The molecule has 3 aromatic rings. The molecule has 7 N–H and O–H groups in total. The normalized spacial score (nSPS) is 14.6. The van der Waals surface area contributed by atoms with Crippen molar-refractivity contribution in [2.75, 3.05) is 6.26 Å². The fraction of sp³-hybridized carbons (Fsp3) is 0.361. The average molecular weight is 741 g/mol. The van der Waals surface area contributed by atoms with Crippen molar-refractivity contribution < 1.29 is 52.4 Å². The standard InChI is InChI=1S/C36H44N4O11S/c1-22(2)32(35(47)37-26(19-30(41)42)16-17-52(3,49)50)40-34(46)28(18-25-14-9-13-24-12-7-8-15-27(24)25)38-33(45)29(20-31(43)44)39-36(48)51-21-23-10-5-4-6-11-23/h4-17,22,26,28-29,32,35,37,47H,18-21H2,1-3H3,(H,38,45)(H,39,48)(H,40,46)(H,41,42)(H,43,44)/b17-16+/t26-,28+,29+,32+,35?/m1/s1. The number of hydrogen-bond acceptors (Lipinski definition) is 10. The minimum absolute atomic E-state index is 0.0930. The summed E-state index contributed by atoms with van der Waals surface area (Å²) in [6.07, 6.45) is -2.17. The molecule has 0 spiro atoms. The number of aliphatic carboxylic acids is 2. The van der Waals surface area contributed by atoms with Crippen LogP contribution in [0.5, 0.6) is 0 Å². The first kappa shape index (κ1) is 41.1. The van der Waals surface area contributed by atoms with Gasteiger partial charge in [-0.1, -0.05) is 92.7 Å². The molecule has 0 fully saturated rings.